The summed E-state index contributed by atoms with van der Waals surface area (Å²) in [7, 11) is 3.52. The number of carbonyl (C=O) groups is 1. The van der Waals surface area contributed by atoms with Crippen LogP contribution in [0.3, 0.4) is 0 Å². The molecule has 0 spiro atoms. The Morgan fingerprint density at radius 2 is 1.91 bits per heavy atom. The van der Waals surface area contributed by atoms with Crippen LogP contribution in [0, 0.1) is 0 Å². The Bertz CT molecular complexity index is 702. The Morgan fingerprint density at radius 3 is 2.53 bits per heavy atom. The Kier molecular flexibility index (Phi) is 11.7. The molecule has 0 aliphatic carbocycles. The SMILES string of the molecule is CC(c1ccccc1)N1CCC(NC(=NCC(=O)N(C)C)NCC2CCCCO2)CC1.I. The van der Waals surface area contributed by atoms with Crippen LogP contribution in [-0.2, 0) is 9.53 Å². The Hall–Kier alpha value is -1.39. The third kappa shape index (κ3) is 8.51. The molecule has 2 aliphatic rings. The topological polar surface area (TPSA) is 69.2 Å². The molecule has 0 aromatic heterocycles. The predicted molar refractivity (Wildman–Crippen MR) is 141 cm³/mol. The van der Waals surface area contributed by atoms with Crippen molar-refractivity contribution in [2.75, 3.05) is 46.9 Å². The second kappa shape index (κ2) is 14.0. The first-order chi connectivity index (χ1) is 15.0. The molecular formula is C24H40IN5O2. The van der Waals surface area contributed by atoms with Crippen LogP contribution in [-0.4, -0.2) is 80.7 Å². The maximum atomic E-state index is 12.0. The molecule has 0 bridgehead atoms. The quantitative estimate of drug-likeness (QED) is 0.307. The first-order valence-electron chi connectivity index (χ1n) is 11.7. The van der Waals surface area contributed by atoms with Gasteiger partial charge in [-0.2, -0.15) is 0 Å². The van der Waals surface area contributed by atoms with Gasteiger partial charge in [-0.25, -0.2) is 4.99 Å². The monoisotopic (exact) mass is 557 g/mol. The molecule has 2 unspecified atom stereocenters. The summed E-state index contributed by atoms with van der Waals surface area (Å²) in [5.74, 6) is 0.723. The van der Waals surface area contributed by atoms with E-state index >= 15 is 0 Å². The zero-order valence-corrected chi connectivity index (χ0v) is 22.1. The lowest BCUT2D eigenvalue weighted by molar-refractivity contribution is -0.127. The minimum atomic E-state index is 0. The van der Waals surface area contributed by atoms with Crippen molar-refractivity contribution in [2.45, 2.75) is 57.2 Å². The molecule has 0 radical (unpaired) electrons. The molecule has 32 heavy (non-hydrogen) atoms. The van der Waals surface area contributed by atoms with Crippen molar-refractivity contribution in [3.05, 3.63) is 35.9 Å². The number of halogens is 1. The van der Waals surface area contributed by atoms with Crippen molar-refractivity contribution < 1.29 is 9.53 Å². The second-order valence-electron chi connectivity index (χ2n) is 8.86. The van der Waals surface area contributed by atoms with Gasteiger partial charge in [-0.1, -0.05) is 30.3 Å². The van der Waals surface area contributed by atoms with Crippen LogP contribution < -0.4 is 10.6 Å². The lowest BCUT2D eigenvalue weighted by Gasteiger charge is -2.37. The van der Waals surface area contributed by atoms with Gasteiger partial charge in [0, 0.05) is 52.4 Å². The molecule has 1 amide bonds. The average Bonchev–Trinajstić information content (AvgIpc) is 2.81. The Morgan fingerprint density at radius 1 is 1.19 bits per heavy atom. The number of rotatable bonds is 7. The number of amides is 1. The third-order valence-electron chi connectivity index (χ3n) is 6.34. The Labute approximate surface area is 210 Å². The first kappa shape index (κ1) is 26.9. The van der Waals surface area contributed by atoms with Gasteiger partial charge in [0.05, 0.1) is 6.10 Å². The minimum absolute atomic E-state index is 0. The number of likely N-dealkylation sites (tertiary alicyclic amines) is 1. The summed E-state index contributed by atoms with van der Waals surface area (Å²) in [6, 6.07) is 11.5. The highest BCUT2D eigenvalue weighted by molar-refractivity contribution is 14.0. The van der Waals surface area contributed by atoms with Gasteiger partial charge in [0.15, 0.2) is 5.96 Å². The number of aliphatic imine (C=N–C) groups is 1. The van der Waals surface area contributed by atoms with Crippen molar-refractivity contribution in [3.63, 3.8) is 0 Å². The molecule has 2 aliphatic heterocycles. The van der Waals surface area contributed by atoms with Crippen molar-refractivity contribution in [2.24, 2.45) is 4.99 Å². The number of carbonyl (C=O) groups excluding carboxylic acids is 1. The maximum Gasteiger partial charge on any atom is 0.243 e. The van der Waals surface area contributed by atoms with E-state index in [4.69, 9.17) is 4.74 Å². The number of likely N-dealkylation sites (N-methyl/N-ethyl adjacent to an activating group) is 1. The van der Waals surface area contributed by atoms with Crippen molar-refractivity contribution >= 4 is 35.8 Å². The van der Waals surface area contributed by atoms with E-state index < -0.39 is 0 Å². The van der Waals surface area contributed by atoms with Crippen molar-refractivity contribution in [1.82, 2.24) is 20.4 Å². The number of guanidine groups is 1. The number of piperidine rings is 1. The van der Waals surface area contributed by atoms with Crippen molar-refractivity contribution in [3.8, 4) is 0 Å². The second-order valence-corrected chi connectivity index (χ2v) is 8.86. The van der Waals surface area contributed by atoms with Gasteiger partial charge in [0.2, 0.25) is 5.91 Å². The summed E-state index contributed by atoms with van der Waals surface area (Å²) >= 11 is 0. The highest BCUT2D eigenvalue weighted by Crippen LogP contribution is 2.24. The maximum absolute atomic E-state index is 12.0. The van der Waals surface area contributed by atoms with Gasteiger partial charge < -0.3 is 20.3 Å². The summed E-state index contributed by atoms with van der Waals surface area (Å²) in [5, 5.41) is 7.00. The first-order valence-corrected chi connectivity index (χ1v) is 11.7. The van der Waals surface area contributed by atoms with Crippen LogP contribution in [0.15, 0.2) is 35.3 Å². The van der Waals surface area contributed by atoms with Crippen LogP contribution in [0.5, 0.6) is 0 Å². The number of ether oxygens (including phenoxy) is 1. The molecule has 0 saturated carbocycles. The normalized spacial score (nSPS) is 21.3. The molecule has 8 heteroatoms. The van der Waals surface area contributed by atoms with E-state index in [-0.39, 0.29) is 42.5 Å². The van der Waals surface area contributed by atoms with E-state index in [2.05, 4.69) is 57.8 Å². The van der Waals surface area contributed by atoms with Crippen LogP contribution in [0.4, 0.5) is 0 Å². The van der Waals surface area contributed by atoms with E-state index in [1.54, 1.807) is 19.0 Å². The highest BCUT2D eigenvalue weighted by Gasteiger charge is 2.24. The molecule has 1 aromatic rings. The largest absolute Gasteiger partial charge is 0.376 e. The van der Waals surface area contributed by atoms with Gasteiger partial charge in [0.1, 0.15) is 6.54 Å². The molecule has 2 N–H and O–H groups in total. The fraction of sp³-hybridized carbons (Fsp3) is 0.667. The van der Waals surface area contributed by atoms with E-state index in [0.29, 0.717) is 12.1 Å². The molecule has 2 heterocycles. The third-order valence-corrected chi connectivity index (χ3v) is 6.34. The van der Waals surface area contributed by atoms with Gasteiger partial charge >= 0.3 is 0 Å². The highest BCUT2D eigenvalue weighted by atomic mass is 127. The van der Waals surface area contributed by atoms with Crippen LogP contribution in [0.25, 0.3) is 0 Å². The summed E-state index contributed by atoms with van der Waals surface area (Å²) < 4.78 is 5.84. The lowest BCUT2D eigenvalue weighted by atomic mass is 10.0. The smallest absolute Gasteiger partial charge is 0.243 e. The summed E-state index contributed by atoms with van der Waals surface area (Å²) in [4.78, 5) is 20.7. The van der Waals surface area contributed by atoms with Gasteiger partial charge in [0.25, 0.3) is 0 Å². The summed E-state index contributed by atoms with van der Waals surface area (Å²) in [5.41, 5.74) is 1.37. The molecule has 2 saturated heterocycles. The van der Waals surface area contributed by atoms with Crippen LogP contribution in [0.2, 0.25) is 0 Å². The number of benzene rings is 1. The number of nitrogens with zero attached hydrogens (tertiary/aromatic N) is 3. The van der Waals surface area contributed by atoms with Crippen molar-refractivity contribution in [1.29, 1.82) is 0 Å². The van der Waals surface area contributed by atoms with E-state index in [9.17, 15) is 4.79 Å². The van der Waals surface area contributed by atoms with E-state index in [0.717, 1.165) is 57.9 Å². The zero-order chi connectivity index (χ0) is 22.1. The Balaban J connectivity index is 0.00000363. The number of nitrogens with one attached hydrogen (secondary N) is 2. The minimum Gasteiger partial charge on any atom is -0.376 e. The molecule has 2 atom stereocenters. The van der Waals surface area contributed by atoms with Gasteiger partial charge in [-0.3, -0.25) is 9.69 Å². The molecule has 1 aromatic carbocycles. The van der Waals surface area contributed by atoms with Crippen LogP contribution >= 0.6 is 24.0 Å². The molecule has 180 valence electrons. The fourth-order valence-electron chi connectivity index (χ4n) is 4.19. The molecular weight excluding hydrogens is 517 g/mol. The standard InChI is InChI=1S/C24H39N5O2.HI/c1-19(20-9-5-4-6-10-20)29-14-12-21(13-15-29)27-24(26-18-23(30)28(2)3)25-17-22-11-7-8-16-31-22;/h4-6,9-10,19,21-22H,7-8,11-18H2,1-3H3,(H2,25,26,27);1H. The zero-order valence-electron chi connectivity index (χ0n) is 19.8. The summed E-state index contributed by atoms with van der Waals surface area (Å²) in [6.07, 6.45) is 5.76. The molecule has 7 nitrogen and oxygen atoms in total. The van der Waals surface area contributed by atoms with Gasteiger partial charge in [-0.05, 0) is 44.6 Å². The average molecular weight is 558 g/mol. The van der Waals surface area contributed by atoms with E-state index in [1.165, 1.54) is 12.0 Å². The van der Waals surface area contributed by atoms with Crippen LogP contribution in [0.1, 0.15) is 50.6 Å². The number of hydrogen-bond acceptors (Lipinski definition) is 4. The summed E-state index contributed by atoms with van der Waals surface area (Å²) in [6.45, 7) is 6.09. The number of hydrogen-bond donors (Lipinski definition) is 2. The van der Waals surface area contributed by atoms with Gasteiger partial charge in [-0.15, -0.1) is 24.0 Å². The lowest BCUT2D eigenvalue weighted by Crippen LogP contribution is -2.50. The molecule has 3 rings (SSSR count). The fourth-order valence-corrected chi connectivity index (χ4v) is 4.19. The predicted octanol–water partition coefficient (Wildman–Crippen LogP) is 3.02. The molecule has 2 fully saturated rings. The van der Waals surface area contributed by atoms with E-state index in [1.807, 2.05) is 0 Å².